The van der Waals surface area contributed by atoms with Gasteiger partial charge in [-0.2, -0.15) is 0 Å². The van der Waals surface area contributed by atoms with Gasteiger partial charge in [0.15, 0.2) is 0 Å². The normalized spacial score (nSPS) is 22.8. The van der Waals surface area contributed by atoms with Gasteiger partial charge >= 0.3 is 0 Å². The van der Waals surface area contributed by atoms with E-state index in [0.29, 0.717) is 6.61 Å². The third kappa shape index (κ3) is 2.79. The lowest BCUT2D eigenvalue weighted by Gasteiger charge is -2.27. The second kappa shape index (κ2) is 5.91. The molecule has 2 unspecified atom stereocenters. The summed E-state index contributed by atoms with van der Waals surface area (Å²) in [6.07, 6.45) is 0.378. The third-order valence-corrected chi connectivity index (χ3v) is 3.64. The number of fused-ring (bicyclic) bond motifs is 1. The third-order valence-electron chi connectivity index (χ3n) is 3.64. The van der Waals surface area contributed by atoms with E-state index in [9.17, 15) is 5.11 Å². The van der Waals surface area contributed by atoms with Crippen LogP contribution in [-0.4, -0.2) is 36.8 Å². The average molecular weight is 272 g/mol. The molecule has 0 amide bonds. The predicted octanol–water partition coefficient (Wildman–Crippen LogP) is 2.47. The first-order chi connectivity index (χ1) is 8.00. The molecule has 1 heterocycles. The number of nitrogens with zero attached hydrogens (tertiary/aromatic N) is 1. The van der Waals surface area contributed by atoms with Crippen LogP contribution < -0.4 is 4.74 Å². The van der Waals surface area contributed by atoms with Crippen molar-refractivity contribution in [3.05, 3.63) is 28.8 Å². The number of hydrogen-bond acceptors (Lipinski definition) is 3. The van der Waals surface area contributed by atoms with Crippen LogP contribution in [0.2, 0.25) is 0 Å². The van der Waals surface area contributed by atoms with Crippen molar-refractivity contribution in [3.63, 3.8) is 0 Å². The first-order valence-corrected chi connectivity index (χ1v) is 6.09. The van der Waals surface area contributed by atoms with Gasteiger partial charge in [-0.15, -0.1) is 12.4 Å². The van der Waals surface area contributed by atoms with E-state index >= 15 is 0 Å². The number of aryl methyl sites for hydroxylation is 2. The number of aliphatic hydroxyl groups is 1. The smallest absolute Gasteiger partial charge is 0.125 e. The number of rotatable bonds is 1. The Hall–Kier alpha value is -0.770. The molecule has 0 radical (unpaired) electrons. The van der Waals surface area contributed by atoms with Crippen molar-refractivity contribution >= 4 is 12.4 Å². The van der Waals surface area contributed by atoms with Gasteiger partial charge in [0.1, 0.15) is 5.75 Å². The maximum atomic E-state index is 10.5. The lowest BCUT2D eigenvalue weighted by atomic mass is 9.96. The first kappa shape index (κ1) is 15.3. The molecule has 3 nitrogen and oxygen atoms in total. The average Bonchev–Trinajstić information content (AvgIpc) is 2.41. The molecule has 1 aromatic rings. The molecule has 4 heteroatoms. The Morgan fingerprint density at radius 1 is 1.22 bits per heavy atom. The summed E-state index contributed by atoms with van der Waals surface area (Å²) < 4.78 is 5.75. The summed E-state index contributed by atoms with van der Waals surface area (Å²) in [5.74, 6) is 0.838. The minimum absolute atomic E-state index is 0. The van der Waals surface area contributed by atoms with Crippen molar-refractivity contribution in [2.45, 2.75) is 32.4 Å². The first-order valence-electron chi connectivity index (χ1n) is 6.09. The second-order valence-corrected chi connectivity index (χ2v) is 5.09. The van der Waals surface area contributed by atoms with Gasteiger partial charge in [-0.1, -0.05) is 0 Å². The Balaban J connectivity index is 0.00000162. The molecule has 0 aliphatic carbocycles. The van der Waals surface area contributed by atoms with E-state index in [1.165, 1.54) is 11.1 Å². The Morgan fingerprint density at radius 2 is 1.83 bits per heavy atom. The topological polar surface area (TPSA) is 32.7 Å². The van der Waals surface area contributed by atoms with Crippen LogP contribution in [0, 0.1) is 13.8 Å². The maximum Gasteiger partial charge on any atom is 0.125 e. The van der Waals surface area contributed by atoms with Crippen LogP contribution in [0.15, 0.2) is 12.1 Å². The molecule has 2 atom stereocenters. The monoisotopic (exact) mass is 271 g/mol. The molecule has 0 bridgehead atoms. The summed E-state index contributed by atoms with van der Waals surface area (Å²) >= 11 is 0. The fourth-order valence-electron chi connectivity index (χ4n) is 2.36. The van der Waals surface area contributed by atoms with E-state index < -0.39 is 6.10 Å². The van der Waals surface area contributed by atoms with Crippen molar-refractivity contribution in [2.75, 3.05) is 20.7 Å². The van der Waals surface area contributed by atoms with Crippen molar-refractivity contribution in [3.8, 4) is 5.75 Å². The fraction of sp³-hybridized carbons (Fsp3) is 0.571. The lowest BCUT2D eigenvalue weighted by Crippen LogP contribution is -2.34. The highest BCUT2D eigenvalue weighted by Gasteiger charge is 2.28. The number of likely N-dealkylation sites (N-methyl/N-ethyl adjacent to an activating group) is 1. The second-order valence-electron chi connectivity index (χ2n) is 5.09. The lowest BCUT2D eigenvalue weighted by molar-refractivity contribution is 0.0719. The van der Waals surface area contributed by atoms with Crippen molar-refractivity contribution in [1.82, 2.24) is 4.90 Å². The molecule has 2 rings (SSSR count). The summed E-state index contributed by atoms with van der Waals surface area (Å²) in [7, 11) is 4.00. The molecule has 1 aliphatic heterocycles. The van der Waals surface area contributed by atoms with E-state index in [-0.39, 0.29) is 18.4 Å². The largest absolute Gasteiger partial charge is 0.493 e. The molecule has 102 valence electrons. The van der Waals surface area contributed by atoms with Gasteiger partial charge in [0, 0.05) is 11.6 Å². The maximum absolute atomic E-state index is 10.5. The molecule has 18 heavy (non-hydrogen) atoms. The zero-order valence-electron chi connectivity index (χ0n) is 11.4. The number of benzene rings is 1. The summed E-state index contributed by atoms with van der Waals surface area (Å²) in [6, 6.07) is 4.21. The van der Waals surface area contributed by atoms with Crippen LogP contribution in [0.5, 0.6) is 5.75 Å². The molecule has 1 aliphatic rings. The number of halogens is 1. The van der Waals surface area contributed by atoms with Gasteiger partial charge in [-0.05, 0) is 57.6 Å². The van der Waals surface area contributed by atoms with E-state index in [2.05, 4.69) is 24.8 Å². The molecule has 0 aromatic heterocycles. The van der Waals surface area contributed by atoms with Crippen LogP contribution >= 0.6 is 12.4 Å². The van der Waals surface area contributed by atoms with Crippen LogP contribution in [-0.2, 0) is 0 Å². The molecule has 1 N–H and O–H groups in total. The van der Waals surface area contributed by atoms with Gasteiger partial charge in [-0.3, -0.25) is 0 Å². The van der Waals surface area contributed by atoms with Crippen LogP contribution in [0.4, 0.5) is 0 Å². The number of ether oxygens (including phenoxy) is 1. The van der Waals surface area contributed by atoms with Gasteiger partial charge in [0.05, 0.1) is 12.7 Å². The Bertz CT molecular complexity index is 421. The van der Waals surface area contributed by atoms with E-state index in [4.69, 9.17) is 4.74 Å². The SMILES string of the molecule is Cc1cc2c(cc1C)C(O)C(N(C)C)CCO2.Cl. The van der Waals surface area contributed by atoms with Crippen LogP contribution in [0.3, 0.4) is 0 Å². The van der Waals surface area contributed by atoms with Gasteiger partial charge in [0.25, 0.3) is 0 Å². The summed E-state index contributed by atoms with van der Waals surface area (Å²) in [5, 5.41) is 10.5. The van der Waals surface area contributed by atoms with Crippen molar-refractivity contribution in [1.29, 1.82) is 0 Å². The summed E-state index contributed by atoms with van der Waals surface area (Å²) in [5.41, 5.74) is 3.33. The molecular weight excluding hydrogens is 250 g/mol. The van der Waals surface area contributed by atoms with Crippen LogP contribution in [0.1, 0.15) is 29.2 Å². The Labute approximate surface area is 115 Å². The zero-order chi connectivity index (χ0) is 12.6. The van der Waals surface area contributed by atoms with Crippen molar-refractivity contribution < 1.29 is 9.84 Å². The molecule has 0 saturated heterocycles. The number of hydrogen-bond donors (Lipinski definition) is 1. The Morgan fingerprint density at radius 3 is 2.44 bits per heavy atom. The fourth-order valence-corrected chi connectivity index (χ4v) is 2.36. The van der Waals surface area contributed by atoms with Gasteiger partial charge < -0.3 is 14.7 Å². The highest BCUT2D eigenvalue weighted by molar-refractivity contribution is 5.85. The highest BCUT2D eigenvalue weighted by atomic mass is 35.5. The zero-order valence-corrected chi connectivity index (χ0v) is 12.3. The van der Waals surface area contributed by atoms with Gasteiger partial charge in [0.2, 0.25) is 0 Å². The van der Waals surface area contributed by atoms with Crippen LogP contribution in [0.25, 0.3) is 0 Å². The molecule has 0 spiro atoms. The van der Waals surface area contributed by atoms with Gasteiger partial charge in [-0.25, -0.2) is 0 Å². The van der Waals surface area contributed by atoms with E-state index in [1.54, 1.807) is 0 Å². The summed E-state index contributed by atoms with van der Waals surface area (Å²) in [6.45, 7) is 4.80. The predicted molar refractivity (Wildman–Crippen MR) is 75.7 cm³/mol. The highest BCUT2D eigenvalue weighted by Crippen LogP contribution is 2.35. The number of aliphatic hydroxyl groups excluding tert-OH is 1. The standard InChI is InChI=1S/C14H21NO2.ClH/c1-9-7-11-13(8-10(9)2)17-6-5-12(14(11)16)15(3)4;/h7-8,12,14,16H,5-6H2,1-4H3;1H. The minimum atomic E-state index is -0.471. The van der Waals surface area contributed by atoms with E-state index in [1.807, 2.05) is 20.2 Å². The minimum Gasteiger partial charge on any atom is -0.493 e. The molecule has 1 aromatic carbocycles. The molecule has 0 saturated carbocycles. The molecule has 0 fully saturated rings. The summed E-state index contributed by atoms with van der Waals surface area (Å²) in [4.78, 5) is 2.07. The van der Waals surface area contributed by atoms with E-state index in [0.717, 1.165) is 17.7 Å². The quantitative estimate of drug-likeness (QED) is 0.852. The molecular formula is C14H22ClNO2. The van der Waals surface area contributed by atoms with Crippen molar-refractivity contribution in [2.24, 2.45) is 0 Å². The Kier molecular flexibility index (Phi) is 5.02.